The number of likely N-dealkylation sites (tertiary alicyclic amines) is 1. The lowest BCUT2D eigenvalue weighted by molar-refractivity contribution is -0.160. The van der Waals surface area contributed by atoms with Gasteiger partial charge in [0.05, 0.1) is 17.4 Å². The van der Waals surface area contributed by atoms with Crippen molar-refractivity contribution in [2.24, 2.45) is 17.8 Å². The molecule has 8 rings (SSSR count). The Labute approximate surface area is 272 Å². The highest BCUT2D eigenvalue weighted by atomic mass is 16.5. The minimum absolute atomic E-state index is 0.250. The molecule has 0 spiro atoms. The van der Waals surface area contributed by atoms with Crippen LogP contribution in [0.5, 0.6) is 5.75 Å². The zero-order chi connectivity index (χ0) is 33.0. The van der Waals surface area contributed by atoms with E-state index >= 15 is 0 Å². The summed E-state index contributed by atoms with van der Waals surface area (Å²) in [6.45, 7) is 4.86. The van der Waals surface area contributed by atoms with Crippen LogP contribution in [-0.2, 0) is 19.1 Å². The van der Waals surface area contributed by atoms with Crippen molar-refractivity contribution in [1.82, 2.24) is 4.90 Å². The van der Waals surface area contributed by atoms with E-state index in [2.05, 4.69) is 0 Å². The van der Waals surface area contributed by atoms with E-state index in [1.165, 1.54) is 24.3 Å². The molecule has 47 heavy (non-hydrogen) atoms. The number of rotatable bonds is 8. The first-order valence-electron chi connectivity index (χ1n) is 15.8. The molecule has 4 aromatic carbocycles. The summed E-state index contributed by atoms with van der Waals surface area (Å²) >= 11 is 0. The van der Waals surface area contributed by atoms with Crippen LogP contribution in [0.25, 0.3) is 0 Å². The number of hydrogen-bond acceptors (Lipinski definition) is 7. The molecule has 8 heteroatoms. The summed E-state index contributed by atoms with van der Waals surface area (Å²) in [5.41, 5.74) is 5.86. The van der Waals surface area contributed by atoms with Gasteiger partial charge < -0.3 is 9.47 Å². The van der Waals surface area contributed by atoms with Gasteiger partial charge in [-0.2, -0.15) is 0 Å². The number of hydrogen-bond donors (Lipinski definition) is 0. The van der Waals surface area contributed by atoms with Crippen LogP contribution < -0.4 is 4.74 Å². The highest BCUT2D eigenvalue weighted by molar-refractivity contribution is 6.10. The molecule has 8 nitrogen and oxygen atoms in total. The maximum Gasteiger partial charge on any atom is 0.343 e. The van der Waals surface area contributed by atoms with Crippen molar-refractivity contribution < 1.29 is 33.4 Å². The van der Waals surface area contributed by atoms with E-state index in [-0.39, 0.29) is 35.0 Å². The molecule has 4 aromatic rings. The molecule has 236 valence electrons. The van der Waals surface area contributed by atoms with E-state index < -0.39 is 48.1 Å². The molecule has 3 aliphatic carbocycles. The summed E-state index contributed by atoms with van der Waals surface area (Å²) in [5, 5.41) is 0. The Bertz CT molecular complexity index is 1810. The number of ketones is 1. The van der Waals surface area contributed by atoms with Gasteiger partial charge in [-0.05, 0) is 71.5 Å². The minimum Gasteiger partial charge on any atom is -0.456 e. The quantitative estimate of drug-likeness (QED) is 0.104. The van der Waals surface area contributed by atoms with E-state index in [1.807, 2.05) is 67.6 Å². The van der Waals surface area contributed by atoms with Gasteiger partial charge in [0.25, 0.3) is 0 Å². The first-order valence-corrected chi connectivity index (χ1v) is 15.8. The monoisotopic (exact) mass is 627 g/mol. The van der Waals surface area contributed by atoms with Gasteiger partial charge in [0, 0.05) is 17.4 Å². The number of Topliss-reactive ketones (excluding diaryl/α,β-unsaturated/α-hetero) is 1. The summed E-state index contributed by atoms with van der Waals surface area (Å²) in [7, 11) is 0. The molecule has 0 aromatic heterocycles. The van der Waals surface area contributed by atoms with Crippen LogP contribution >= 0.6 is 0 Å². The Morgan fingerprint density at radius 3 is 1.62 bits per heavy atom. The van der Waals surface area contributed by atoms with Crippen molar-refractivity contribution in [3.05, 3.63) is 136 Å². The fourth-order valence-electron chi connectivity index (χ4n) is 7.52. The predicted octanol–water partition coefficient (Wildman–Crippen LogP) is 5.86. The maximum absolute atomic E-state index is 14.2. The topological polar surface area (TPSA) is 107 Å². The number of imide groups is 1. The summed E-state index contributed by atoms with van der Waals surface area (Å²) in [5.74, 6) is -4.57. The first kappa shape index (κ1) is 30.3. The van der Waals surface area contributed by atoms with Gasteiger partial charge in [0.2, 0.25) is 11.8 Å². The van der Waals surface area contributed by atoms with Crippen molar-refractivity contribution in [3.8, 4) is 5.75 Å². The number of carbonyl (C=O) groups is 5. The molecular formula is C39H33NO7. The average molecular weight is 628 g/mol. The van der Waals surface area contributed by atoms with Crippen LogP contribution in [0.1, 0.15) is 74.2 Å². The van der Waals surface area contributed by atoms with E-state index in [1.54, 1.807) is 26.0 Å². The van der Waals surface area contributed by atoms with Crippen LogP contribution in [0.4, 0.5) is 0 Å². The molecule has 3 atom stereocenters. The SMILES string of the molecule is Cc1ccc(C(=O)Oc2ccc(C(=O)COC(=O)[C@H](C(C)C)N3C(=O)C4C5c6ccccc6C(c6ccccc65)C4C3=O)cc2)cc1. The molecule has 1 aliphatic heterocycles. The molecule has 0 N–H and O–H groups in total. The van der Waals surface area contributed by atoms with Gasteiger partial charge in [0.15, 0.2) is 12.4 Å². The van der Waals surface area contributed by atoms with E-state index in [0.717, 1.165) is 32.7 Å². The zero-order valence-electron chi connectivity index (χ0n) is 26.2. The van der Waals surface area contributed by atoms with Crippen LogP contribution in [0, 0.1) is 24.7 Å². The number of benzene rings is 4. The molecule has 1 fully saturated rings. The van der Waals surface area contributed by atoms with Crippen molar-refractivity contribution in [1.29, 1.82) is 0 Å². The Morgan fingerprint density at radius 1 is 0.681 bits per heavy atom. The van der Waals surface area contributed by atoms with E-state index in [0.29, 0.717) is 5.56 Å². The Balaban J connectivity index is 1.06. The first-order chi connectivity index (χ1) is 22.7. The predicted molar refractivity (Wildman–Crippen MR) is 172 cm³/mol. The van der Waals surface area contributed by atoms with Crippen LogP contribution in [0.2, 0.25) is 0 Å². The molecule has 2 bridgehead atoms. The maximum atomic E-state index is 14.2. The lowest BCUT2D eigenvalue weighted by atomic mass is 9.55. The number of ether oxygens (including phenoxy) is 2. The van der Waals surface area contributed by atoms with Gasteiger partial charge in [-0.25, -0.2) is 9.59 Å². The lowest BCUT2D eigenvalue weighted by Gasteiger charge is -2.45. The summed E-state index contributed by atoms with van der Waals surface area (Å²) in [4.78, 5) is 68.5. The van der Waals surface area contributed by atoms with Crippen molar-refractivity contribution in [3.63, 3.8) is 0 Å². The van der Waals surface area contributed by atoms with Gasteiger partial charge in [-0.3, -0.25) is 19.3 Å². The van der Waals surface area contributed by atoms with Gasteiger partial charge >= 0.3 is 11.9 Å². The van der Waals surface area contributed by atoms with Crippen molar-refractivity contribution in [2.75, 3.05) is 6.61 Å². The fraction of sp³-hybridized carbons (Fsp3) is 0.256. The molecule has 1 heterocycles. The Hall–Kier alpha value is -5.37. The molecular weight excluding hydrogens is 594 g/mol. The van der Waals surface area contributed by atoms with Gasteiger partial charge in [0.1, 0.15) is 11.8 Å². The summed E-state index contributed by atoms with van der Waals surface area (Å²) in [6, 6.07) is 27.7. The smallest absolute Gasteiger partial charge is 0.343 e. The normalized spacial score (nSPS) is 21.1. The summed E-state index contributed by atoms with van der Waals surface area (Å²) in [6.07, 6.45) is 0. The standard InChI is InChI=1S/C39H33NO7/c1-21(2)35(39(45)46-20-30(41)23-16-18-25(19-17-23)47-38(44)24-14-12-22(3)13-15-24)40-36(42)33-31-26-8-4-5-9-27(26)32(34(33)37(40)43)29-11-7-6-10-28(29)31/h4-19,21,31-35H,20H2,1-3H3/t31?,32?,33?,34?,35-/m0/s1. The zero-order valence-corrected chi connectivity index (χ0v) is 26.2. The number of esters is 2. The molecule has 2 amide bonds. The average Bonchev–Trinajstić information content (AvgIpc) is 3.33. The second-order valence-electron chi connectivity index (χ2n) is 12.8. The highest BCUT2D eigenvalue weighted by Gasteiger charge is 2.63. The Morgan fingerprint density at radius 2 is 1.15 bits per heavy atom. The highest BCUT2D eigenvalue weighted by Crippen LogP contribution is 2.61. The van der Waals surface area contributed by atoms with Gasteiger partial charge in [-0.15, -0.1) is 0 Å². The third kappa shape index (κ3) is 5.04. The Kier molecular flexibility index (Phi) is 7.59. The number of amides is 2. The molecule has 0 saturated carbocycles. The van der Waals surface area contributed by atoms with E-state index in [4.69, 9.17) is 9.47 Å². The number of aryl methyl sites for hydroxylation is 1. The number of carbonyl (C=O) groups excluding carboxylic acids is 5. The second kappa shape index (κ2) is 11.8. The second-order valence-corrected chi connectivity index (χ2v) is 12.8. The van der Waals surface area contributed by atoms with Crippen molar-refractivity contribution in [2.45, 2.75) is 38.6 Å². The fourth-order valence-corrected chi connectivity index (χ4v) is 7.52. The van der Waals surface area contributed by atoms with E-state index in [9.17, 15) is 24.0 Å². The molecule has 1 saturated heterocycles. The third-order valence-corrected chi connectivity index (χ3v) is 9.65. The third-order valence-electron chi connectivity index (χ3n) is 9.65. The van der Waals surface area contributed by atoms with Crippen LogP contribution in [0.3, 0.4) is 0 Å². The minimum atomic E-state index is -1.18. The molecule has 4 aliphatic rings. The van der Waals surface area contributed by atoms with Gasteiger partial charge in [-0.1, -0.05) is 80.1 Å². The van der Waals surface area contributed by atoms with Crippen LogP contribution in [0.15, 0.2) is 97.1 Å². The van der Waals surface area contributed by atoms with Crippen molar-refractivity contribution >= 4 is 29.5 Å². The van der Waals surface area contributed by atoms with Crippen LogP contribution in [-0.4, -0.2) is 47.1 Å². The summed E-state index contributed by atoms with van der Waals surface area (Å²) < 4.78 is 10.9. The molecule has 2 unspecified atom stereocenters. The lowest BCUT2D eigenvalue weighted by Crippen LogP contribution is -2.49. The number of nitrogens with zero attached hydrogens (tertiary/aromatic N) is 1. The largest absolute Gasteiger partial charge is 0.456 e. The molecule has 0 radical (unpaired) electrons.